The first-order valence-electron chi connectivity index (χ1n) is 9.56. The van der Waals surface area contributed by atoms with Crippen LogP contribution in [0.25, 0.3) is 16.5 Å². The zero-order valence-electron chi connectivity index (χ0n) is 17.0. The summed E-state index contributed by atoms with van der Waals surface area (Å²) in [6, 6.07) is 11.7. The van der Waals surface area contributed by atoms with Crippen LogP contribution in [0.3, 0.4) is 0 Å². The number of hydrogen-bond donors (Lipinski definition) is 3. The van der Waals surface area contributed by atoms with Gasteiger partial charge in [0.25, 0.3) is 11.1 Å². The van der Waals surface area contributed by atoms with Gasteiger partial charge in [-0.1, -0.05) is 24.3 Å². The number of nitrogens with zero attached hydrogens (tertiary/aromatic N) is 3. The van der Waals surface area contributed by atoms with Gasteiger partial charge in [0.1, 0.15) is 0 Å². The van der Waals surface area contributed by atoms with E-state index < -0.39 is 28.7 Å². The largest absolute Gasteiger partial charge is 0.494 e. The summed E-state index contributed by atoms with van der Waals surface area (Å²) >= 11 is 0. The van der Waals surface area contributed by atoms with Crippen molar-refractivity contribution in [3.63, 3.8) is 0 Å². The number of pyridine rings is 1. The second kappa shape index (κ2) is 8.26. The minimum Gasteiger partial charge on any atom is -0.494 e. The van der Waals surface area contributed by atoms with Crippen molar-refractivity contribution in [1.29, 1.82) is 0 Å². The maximum atomic E-state index is 13.2. The molecule has 0 aliphatic carbocycles. The maximum Gasteiger partial charge on any atom is 0.416 e. The monoisotopic (exact) mass is 455 g/mol. The number of hydrogen-bond acceptors (Lipinski definition) is 6. The molecule has 2 aromatic carbocycles. The van der Waals surface area contributed by atoms with E-state index in [-0.39, 0.29) is 22.6 Å². The van der Waals surface area contributed by atoms with Crippen LogP contribution in [-0.2, 0) is 6.18 Å². The zero-order chi connectivity index (χ0) is 23.8. The van der Waals surface area contributed by atoms with E-state index in [4.69, 9.17) is 0 Å². The molecule has 0 atom stereocenters. The number of benzene rings is 2. The molecule has 0 bridgehead atoms. The molecule has 0 amide bonds. The Morgan fingerprint density at radius 1 is 1.09 bits per heavy atom. The number of halogens is 3. The highest BCUT2D eigenvalue weighted by molar-refractivity contribution is 6.01. The number of aryl methyl sites for hydroxylation is 1. The van der Waals surface area contributed by atoms with Gasteiger partial charge < -0.3 is 5.11 Å². The summed E-state index contributed by atoms with van der Waals surface area (Å²) in [7, 11) is 0. The maximum absolute atomic E-state index is 13.2. The van der Waals surface area contributed by atoms with Crippen LogP contribution in [-0.4, -0.2) is 25.9 Å². The van der Waals surface area contributed by atoms with Crippen molar-refractivity contribution < 1.29 is 18.3 Å². The summed E-state index contributed by atoms with van der Waals surface area (Å²) < 4.78 is 40.4. The molecule has 33 heavy (non-hydrogen) atoms. The lowest BCUT2D eigenvalue weighted by atomic mass is 10.1. The number of aromatic nitrogens is 3. The smallest absolute Gasteiger partial charge is 0.416 e. The third-order valence-electron chi connectivity index (χ3n) is 4.77. The van der Waals surface area contributed by atoms with Gasteiger partial charge in [0, 0.05) is 22.5 Å². The van der Waals surface area contributed by atoms with Gasteiger partial charge in [-0.3, -0.25) is 14.6 Å². The molecule has 0 unspecified atom stereocenters. The molecule has 2 heterocycles. The highest BCUT2D eigenvalue weighted by atomic mass is 19.4. The van der Waals surface area contributed by atoms with E-state index >= 15 is 0 Å². The third kappa shape index (κ3) is 4.33. The highest BCUT2D eigenvalue weighted by Gasteiger charge is 2.31. The molecule has 0 aliphatic heterocycles. The van der Waals surface area contributed by atoms with Crippen LogP contribution < -0.4 is 16.5 Å². The molecular formula is C22H16F3N5O3. The van der Waals surface area contributed by atoms with Crippen molar-refractivity contribution in [3.05, 3.63) is 92.1 Å². The van der Waals surface area contributed by atoms with Gasteiger partial charge in [-0.05, 0) is 31.2 Å². The number of anilines is 1. The molecule has 0 radical (unpaired) electrons. The fourth-order valence-electron chi connectivity index (χ4n) is 3.34. The lowest BCUT2D eigenvalue weighted by Gasteiger charge is -2.15. The Morgan fingerprint density at radius 3 is 2.52 bits per heavy atom. The molecule has 11 heteroatoms. The fraction of sp³-hybridized carbons (Fsp3) is 0.0909. The van der Waals surface area contributed by atoms with Gasteiger partial charge in [0.2, 0.25) is 11.8 Å². The Labute approximate surface area is 183 Å². The van der Waals surface area contributed by atoms with Gasteiger partial charge >= 0.3 is 6.18 Å². The van der Waals surface area contributed by atoms with Gasteiger partial charge in [0.05, 0.1) is 23.0 Å². The predicted octanol–water partition coefficient (Wildman–Crippen LogP) is 3.55. The zero-order valence-corrected chi connectivity index (χ0v) is 17.0. The summed E-state index contributed by atoms with van der Waals surface area (Å²) in [5.74, 6) is -0.555. The van der Waals surface area contributed by atoms with Gasteiger partial charge in [-0.25, -0.2) is 15.0 Å². The van der Waals surface area contributed by atoms with E-state index in [0.717, 1.165) is 22.8 Å². The topological polar surface area (TPSA) is 112 Å². The van der Waals surface area contributed by atoms with Gasteiger partial charge in [0.15, 0.2) is 0 Å². The number of H-pyrrole nitrogens is 1. The molecule has 3 N–H and O–H groups in total. The van der Waals surface area contributed by atoms with Crippen LogP contribution in [0.2, 0.25) is 0 Å². The average molecular weight is 455 g/mol. The summed E-state index contributed by atoms with van der Waals surface area (Å²) in [5.41, 5.74) is 0.824. The lowest BCUT2D eigenvalue weighted by molar-refractivity contribution is -0.137. The normalized spacial score (nSPS) is 11.9. The van der Waals surface area contributed by atoms with E-state index in [9.17, 15) is 27.9 Å². The van der Waals surface area contributed by atoms with Crippen molar-refractivity contribution in [1.82, 2.24) is 14.5 Å². The van der Waals surface area contributed by atoms with E-state index in [0.29, 0.717) is 11.1 Å². The molecule has 0 saturated carbocycles. The number of fused-ring (bicyclic) bond motifs is 1. The van der Waals surface area contributed by atoms with Crippen LogP contribution >= 0.6 is 0 Å². The second-order valence-electron chi connectivity index (χ2n) is 7.08. The summed E-state index contributed by atoms with van der Waals surface area (Å²) in [6.45, 7) is 1.62. The quantitative estimate of drug-likeness (QED) is 0.322. The molecule has 2 aromatic heterocycles. The number of rotatable bonds is 4. The lowest BCUT2D eigenvalue weighted by Crippen LogP contribution is -2.20. The Hall–Kier alpha value is -4.41. The summed E-state index contributed by atoms with van der Waals surface area (Å²) in [5, 5.41) is 15.3. The van der Waals surface area contributed by atoms with Crippen molar-refractivity contribution in [2.45, 2.75) is 13.1 Å². The molecule has 0 fully saturated rings. The highest BCUT2D eigenvalue weighted by Crippen LogP contribution is 2.32. The molecule has 0 saturated heterocycles. The molecular weight excluding hydrogens is 439 g/mol. The van der Waals surface area contributed by atoms with Gasteiger partial charge in [-0.2, -0.15) is 18.3 Å². The Balaban J connectivity index is 1.87. The van der Waals surface area contributed by atoms with Crippen LogP contribution in [0, 0.1) is 6.92 Å². The molecule has 0 spiro atoms. The van der Waals surface area contributed by atoms with E-state index in [1.165, 1.54) is 24.4 Å². The van der Waals surface area contributed by atoms with Crippen LogP contribution in [0.5, 0.6) is 5.88 Å². The molecule has 4 rings (SSSR count). The molecule has 168 valence electrons. The number of alkyl halides is 3. The average Bonchev–Trinajstić information content (AvgIpc) is 2.75. The minimum atomic E-state index is -4.63. The van der Waals surface area contributed by atoms with Crippen molar-refractivity contribution in [2.75, 3.05) is 5.43 Å². The number of aromatic hydroxyl groups is 1. The summed E-state index contributed by atoms with van der Waals surface area (Å²) in [6.07, 6.45) is -3.44. The van der Waals surface area contributed by atoms with E-state index in [1.54, 1.807) is 25.1 Å². The molecule has 4 aromatic rings. The van der Waals surface area contributed by atoms with Crippen LogP contribution in [0.15, 0.2) is 69.3 Å². The molecule has 8 nitrogen and oxygen atoms in total. The number of nitrogens with one attached hydrogen (secondary N) is 2. The van der Waals surface area contributed by atoms with Crippen molar-refractivity contribution in [3.8, 4) is 11.6 Å². The third-order valence-corrected chi connectivity index (χ3v) is 4.77. The second-order valence-corrected chi connectivity index (χ2v) is 7.08. The number of aromatic amines is 1. The minimum absolute atomic E-state index is 0.0474. The Bertz CT molecular complexity index is 1510. The van der Waals surface area contributed by atoms with E-state index in [2.05, 4.69) is 20.5 Å². The van der Waals surface area contributed by atoms with Crippen molar-refractivity contribution >= 4 is 22.9 Å². The fourth-order valence-corrected chi connectivity index (χ4v) is 3.34. The van der Waals surface area contributed by atoms with Gasteiger partial charge in [-0.15, -0.1) is 0 Å². The predicted molar refractivity (Wildman–Crippen MR) is 117 cm³/mol. The molecule has 0 aliphatic rings. The SMILES string of the molecule is Cc1cc(=O)[nH]c(N/N=C/c2c(O)n(-c3cccc(C(F)(F)F)c3)c(=O)c3ccccc23)n1. The first-order chi connectivity index (χ1) is 15.6. The number of hydrazone groups is 1. The van der Waals surface area contributed by atoms with Crippen LogP contribution in [0.1, 0.15) is 16.8 Å². The standard InChI is InChI=1S/C22H16F3N5O3/c1-12-9-18(31)28-21(27-12)29-26-11-17-15-7-2-3-8-16(15)19(32)30(20(17)33)14-6-4-5-13(10-14)22(23,24)25/h2-11,33H,1H3,(H2,27,28,29,31)/b26-11+. The first-order valence-corrected chi connectivity index (χ1v) is 9.56. The Kier molecular flexibility index (Phi) is 5.46. The first kappa shape index (κ1) is 21.8. The van der Waals surface area contributed by atoms with E-state index in [1.807, 2.05) is 0 Å². The van der Waals surface area contributed by atoms with Crippen molar-refractivity contribution in [2.24, 2.45) is 5.10 Å². The summed E-state index contributed by atoms with van der Waals surface area (Å²) in [4.78, 5) is 31.1. The van der Waals surface area contributed by atoms with Crippen LogP contribution in [0.4, 0.5) is 19.1 Å². The Morgan fingerprint density at radius 2 is 1.82 bits per heavy atom.